The Hall–Kier alpha value is -0.120. The molecule has 0 aromatic rings. The van der Waals surface area contributed by atoms with E-state index in [9.17, 15) is 0 Å². The van der Waals surface area contributed by atoms with Gasteiger partial charge in [0.25, 0.3) is 0 Å². The van der Waals surface area contributed by atoms with Crippen LogP contribution in [0.25, 0.3) is 0 Å². The SMILES string of the molecule is NCCCN(C1CCC1)C1CCOC2(CCCC2)C1. The minimum atomic E-state index is 0.258. The van der Waals surface area contributed by atoms with Crippen molar-refractivity contribution in [3.63, 3.8) is 0 Å². The molecule has 2 N–H and O–H groups in total. The van der Waals surface area contributed by atoms with Gasteiger partial charge >= 0.3 is 0 Å². The van der Waals surface area contributed by atoms with Crippen molar-refractivity contribution in [2.75, 3.05) is 19.7 Å². The first kappa shape index (κ1) is 13.8. The molecule has 0 amide bonds. The van der Waals surface area contributed by atoms with Crippen LogP contribution < -0.4 is 5.73 Å². The third-order valence-corrected chi connectivity index (χ3v) is 5.61. The van der Waals surface area contributed by atoms with Gasteiger partial charge in [-0.25, -0.2) is 0 Å². The lowest BCUT2D eigenvalue weighted by Crippen LogP contribution is -2.53. The van der Waals surface area contributed by atoms with Crippen LogP contribution in [0.3, 0.4) is 0 Å². The molecule has 0 radical (unpaired) electrons. The highest BCUT2D eigenvalue weighted by atomic mass is 16.5. The first-order valence-corrected chi connectivity index (χ1v) is 8.43. The van der Waals surface area contributed by atoms with Gasteiger partial charge in [-0.05, 0) is 58.0 Å². The molecule has 2 aliphatic carbocycles. The maximum absolute atomic E-state index is 6.19. The molecule has 19 heavy (non-hydrogen) atoms. The maximum Gasteiger partial charge on any atom is 0.0697 e. The summed E-state index contributed by atoms with van der Waals surface area (Å²) in [4.78, 5) is 2.80. The molecule has 3 nitrogen and oxygen atoms in total. The molecule has 1 heterocycles. The molecule has 3 rings (SSSR count). The summed E-state index contributed by atoms with van der Waals surface area (Å²) in [6, 6.07) is 1.62. The Bertz CT molecular complexity index is 284. The van der Waals surface area contributed by atoms with Crippen molar-refractivity contribution in [3.8, 4) is 0 Å². The summed E-state index contributed by atoms with van der Waals surface area (Å²) in [7, 11) is 0. The van der Waals surface area contributed by atoms with Gasteiger partial charge in [0.2, 0.25) is 0 Å². The monoisotopic (exact) mass is 266 g/mol. The molecule has 1 aliphatic heterocycles. The van der Waals surface area contributed by atoms with Crippen molar-refractivity contribution in [1.29, 1.82) is 0 Å². The molecule has 1 spiro atoms. The van der Waals surface area contributed by atoms with E-state index < -0.39 is 0 Å². The maximum atomic E-state index is 6.19. The van der Waals surface area contributed by atoms with Crippen molar-refractivity contribution in [2.24, 2.45) is 5.73 Å². The highest BCUT2D eigenvalue weighted by Crippen LogP contribution is 2.42. The van der Waals surface area contributed by atoms with Crippen LogP contribution in [0.15, 0.2) is 0 Å². The second-order valence-electron chi connectivity index (χ2n) is 6.85. The van der Waals surface area contributed by atoms with Gasteiger partial charge in [-0.3, -0.25) is 4.90 Å². The lowest BCUT2D eigenvalue weighted by atomic mass is 9.84. The van der Waals surface area contributed by atoms with Gasteiger partial charge in [-0.15, -0.1) is 0 Å². The Kier molecular flexibility index (Phi) is 4.45. The number of nitrogens with zero attached hydrogens (tertiary/aromatic N) is 1. The molecule has 1 saturated heterocycles. The van der Waals surface area contributed by atoms with Crippen LogP contribution in [0.5, 0.6) is 0 Å². The Balaban J connectivity index is 1.63. The molecule has 3 fully saturated rings. The van der Waals surface area contributed by atoms with Crippen molar-refractivity contribution in [1.82, 2.24) is 4.90 Å². The van der Waals surface area contributed by atoms with E-state index in [2.05, 4.69) is 4.90 Å². The summed E-state index contributed by atoms with van der Waals surface area (Å²) in [5, 5.41) is 0. The predicted octanol–water partition coefficient (Wildman–Crippen LogP) is 2.68. The van der Waals surface area contributed by atoms with Crippen LogP contribution >= 0.6 is 0 Å². The van der Waals surface area contributed by atoms with Crippen molar-refractivity contribution >= 4 is 0 Å². The Morgan fingerprint density at radius 3 is 2.47 bits per heavy atom. The van der Waals surface area contributed by atoms with Crippen LogP contribution in [0.2, 0.25) is 0 Å². The van der Waals surface area contributed by atoms with E-state index >= 15 is 0 Å². The minimum absolute atomic E-state index is 0.258. The molecule has 0 aromatic carbocycles. The zero-order valence-corrected chi connectivity index (χ0v) is 12.3. The van der Waals surface area contributed by atoms with E-state index in [1.807, 2.05) is 0 Å². The number of hydrogen-bond donors (Lipinski definition) is 1. The van der Waals surface area contributed by atoms with Crippen LogP contribution in [0.4, 0.5) is 0 Å². The highest BCUT2D eigenvalue weighted by Gasteiger charge is 2.43. The number of rotatable bonds is 5. The summed E-state index contributed by atoms with van der Waals surface area (Å²) in [6.45, 7) is 3.02. The van der Waals surface area contributed by atoms with E-state index in [1.165, 1.54) is 64.3 Å². The van der Waals surface area contributed by atoms with Crippen molar-refractivity contribution < 1.29 is 4.74 Å². The average molecular weight is 266 g/mol. The summed E-state index contributed by atoms with van der Waals surface area (Å²) >= 11 is 0. The predicted molar refractivity (Wildman–Crippen MR) is 78.2 cm³/mol. The Morgan fingerprint density at radius 1 is 1.05 bits per heavy atom. The second kappa shape index (κ2) is 6.11. The average Bonchev–Trinajstić information content (AvgIpc) is 2.80. The van der Waals surface area contributed by atoms with Gasteiger partial charge < -0.3 is 10.5 Å². The van der Waals surface area contributed by atoms with Crippen molar-refractivity contribution in [3.05, 3.63) is 0 Å². The van der Waals surface area contributed by atoms with E-state index in [0.29, 0.717) is 0 Å². The molecular formula is C16H30N2O. The van der Waals surface area contributed by atoms with Crippen LogP contribution in [0, 0.1) is 0 Å². The standard InChI is InChI=1S/C16H30N2O/c17-10-4-11-18(14-5-3-6-14)15-7-12-19-16(13-15)8-1-2-9-16/h14-15H,1-13,17H2. The summed E-state index contributed by atoms with van der Waals surface area (Å²) in [5.41, 5.74) is 5.99. The van der Waals surface area contributed by atoms with Gasteiger partial charge in [0.1, 0.15) is 0 Å². The first-order valence-electron chi connectivity index (χ1n) is 8.43. The van der Waals surface area contributed by atoms with E-state index in [1.54, 1.807) is 0 Å². The number of hydrogen-bond acceptors (Lipinski definition) is 3. The molecule has 3 aliphatic rings. The first-order chi connectivity index (χ1) is 9.33. The fourth-order valence-electron chi connectivity index (χ4n) is 4.31. The highest BCUT2D eigenvalue weighted by molar-refractivity contribution is 4.96. The Morgan fingerprint density at radius 2 is 1.84 bits per heavy atom. The quantitative estimate of drug-likeness (QED) is 0.831. The molecule has 1 unspecified atom stereocenters. The van der Waals surface area contributed by atoms with Gasteiger partial charge in [0.05, 0.1) is 5.60 Å². The summed E-state index contributed by atoms with van der Waals surface area (Å²) < 4.78 is 6.19. The summed E-state index contributed by atoms with van der Waals surface area (Å²) in [6.07, 6.45) is 13.3. The van der Waals surface area contributed by atoms with Gasteiger partial charge in [0.15, 0.2) is 0 Å². The zero-order valence-electron chi connectivity index (χ0n) is 12.3. The molecule has 2 saturated carbocycles. The van der Waals surface area contributed by atoms with Gasteiger partial charge in [-0.1, -0.05) is 19.3 Å². The third-order valence-electron chi connectivity index (χ3n) is 5.61. The lowest BCUT2D eigenvalue weighted by molar-refractivity contribution is -0.111. The molecule has 1 atom stereocenters. The fraction of sp³-hybridized carbons (Fsp3) is 1.00. The molecule has 110 valence electrons. The number of nitrogens with two attached hydrogens (primary N) is 1. The normalized spacial score (nSPS) is 30.9. The Labute approximate surface area is 117 Å². The van der Waals surface area contributed by atoms with E-state index in [0.717, 1.165) is 31.7 Å². The van der Waals surface area contributed by atoms with Crippen LogP contribution in [-0.4, -0.2) is 42.3 Å². The molecule has 3 heteroatoms. The molecule has 0 bridgehead atoms. The minimum Gasteiger partial charge on any atom is -0.375 e. The van der Waals surface area contributed by atoms with Crippen LogP contribution in [-0.2, 0) is 4.74 Å². The summed E-state index contributed by atoms with van der Waals surface area (Å²) in [5.74, 6) is 0. The smallest absolute Gasteiger partial charge is 0.0697 e. The number of ether oxygens (including phenoxy) is 1. The second-order valence-corrected chi connectivity index (χ2v) is 6.85. The molecule has 0 aromatic heterocycles. The van der Waals surface area contributed by atoms with Crippen LogP contribution in [0.1, 0.15) is 64.2 Å². The van der Waals surface area contributed by atoms with Gasteiger partial charge in [-0.2, -0.15) is 0 Å². The molecular weight excluding hydrogens is 236 g/mol. The topological polar surface area (TPSA) is 38.5 Å². The van der Waals surface area contributed by atoms with Crippen molar-refractivity contribution in [2.45, 2.75) is 81.9 Å². The van der Waals surface area contributed by atoms with E-state index in [-0.39, 0.29) is 5.60 Å². The van der Waals surface area contributed by atoms with Gasteiger partial charge in [0, 0.05) is 18.7 Å². The fourth-order valence-corrected chi connectivity index (χ4v) is 4.31. The largest absolute Gasteiger partial charge is 0.375 e. The van der Waals surface area contributed by atoms with E-state index in [4.69, 9.17) is 10.5 Å². The third kappa shape index (κ3) is 2.98. The zero-order chi connectivity index (χ0) is 13.1. The lowest BCUT2D eigenvalue weighted by Gasteiger charge is -2.48.